The van der Waals surface area contributed by atoms with Gasteiger partial charge in [-0.25, -0.2) is 0 Å². The van der Waals surface area contributed by atoms with Crippen LogP contribution in [0, 0.1) is 11.3 Å². The number of benzene rings is 1. The minimum absolute atomic E-state index is 0.294. The molecule has 0 bridgehead atoms. The molecule has 5 nitrogen and oxygen atoms in total. The minimum Gasteiger partial charge on any atom is -0.489 e. The second kappa shape index (κ2) is 8.32. The lowest BCUT2D eigenvalue weighted by Crippen LogP contribution is -2.24. The smallest absolute Gasteiger partial charge is 0.163 e. The first-order chi connectivity index (χ1) is 11.5. The third kappa shape index (κ3) is 4.71. The molecule has 24 heavy (non-hydrogen) atoms. The van der Waals surface area contributed by atoms with Gasteiger partial charge in [-0.05, 0) is 49.8 Å². The largest absolute Gasteiger partial charge is 0.489 e. The standard InChI is InChI=1S/C18H19ClN4O/c1-4-23(18-8-6-16(10-20)21-22-18)11-14-9-15(19)5-7-17(14)24-12-13(2)3/h5-9H,2,4,11-12H2,1,3H3. The van der Waals surface area contributed by atoms with Crippen molar-refractivity contribution in [3.8, 4) is 11.8 Å². The first kappa shape index (κ1) is 17.8. The predicted molar refractivity (Wildman–Crippen MR) is 95.2 cm³/mol. The Labute approximate surface area is 147 Å². The molecule has 0 amide bonds. The first-order valence-corrected chi connectivity index (χ1v) is 7.95. The monoisotopic (exact) mass is 342 g/mol. The highest BCUT2D eigenvalue weighted by atomic mass is 35.5. The Balaban J connectivity index is 2.24. The highest BCUT2D eigenvalue weighted by Crippen LogP contribution is 2.26. The first-order valence-electron chi connectivity index (χ1n) is 7.58. The average Bonchev–Trinajstić information content (AvgIpc) is 2.59. The number of aromatic nitrogens is 2. The molecule has 2 rings (SSSR count). The molecule has 0 aliphatic heterocycles. The van der Waals surface area contributed by atoms with Crippen molar-refractivity contribution in [2.75, 3.05) is 18.1 Å². The fourth-order valence-corrected chi connectivity index (χ4v) is 2.32. The van der Waals surface area contributed by atoms with Crippen LogP contribution in [0.15, 0.2) is 42.5 Å². The number of rotatable bonds is 7. The molecule has 0 radical (unpaired) electrons. The second-order valence-corrected chi connectivity index (χ2v) is 5.84. The molecular formula is C18H19ClN4O. The van der Waals surface area contributed by atoms with Gasteiger partial charge in [0.2, 0.25) is 0 Å². The number of halogens is 1. The summed E-state index contributed by atoms with van der Waals surface area (Å²) in [7, 11) is 0. The molecule has 0 aliphatic carbocycles. The van der Waals surface area contributed by atoms with E-state index in [2.05, 4.69) is 16.8 Å². The molecular weight excluding hydrogens is 324 g/mol. The fraction of sp³-hybridized carbons (Fsp3) is 0.278. The summed E-state index contributed by atoms with van der Waals surface area (Å²) in [6, 6.07) is 11.0. The molecule has 124 valence electrons. The molecule has 0 atom stereocenters. The molecule has 0 spiro atoms. The van der Waals surface area contributed by atoms with Gasteiger partial charge in [0.25, 0.3) is 0 Å². The zero-order valence-electron chi connectivity index (χ0n) is 13.8. The third-order valence-corrected chi connectivity index (χ3v) is 3.56. The van der Waals surface area contributed by atoms with Gasteiger partial charge in [0.15, 0.2) is 11.5 Å². The molecule has 0 unspecified atom stereocenters. The van der Waals surface area contributed by atoms with Crippen molar-refractivity contribution in [3.05, 3.63) is 58.8 Å². The Morgan fingerprint density at radius 3 is 2.71 bits per heavy atom. The van der Waals surface area contributed by atoms with Gasteiger partial charge in [-0.2, -0.15) is 5.26 Å². The van der Waals surface area contributed by atoms with E-state index in [1.807, 2.05) is 36.9 Å². The second-order valence-electron chi connectivity index (χ2n) is 5.40. The Morgan fingerprint density at radius 2 is 2.12 bits per heavy atom. The van der Waals surface area contributed by atoms with Crippen molar-refractivity contribution >= 4 is 17.4 Å². The lowest BCUT2D eigenvalue weighted by molar-refractivity contribution is 0.348. The van der Waals surface area contributed by atoms with Gasteiger partial charge in [-0.15, -0.1) is 10.2 Å². The van der Waals surface area contributed by atoms with Crippen LogP contribution in [-0.2, 0) is 6.54 Å². The molecule has 6 heteroatoms. The van der Waals surface area contributed by atoms with Gasteiger partial charge in [0, 0.05) is 23.7 Å². The van der Waals surface area contributed by atoms with Crippen LogP contribution in [0.4, 0.5) is 5.82 Å². The van der Waals surface area contributed by atoms with Crippen LogP contribution in [0.25, 0.3) is 0 Å². The molecule has 0 saturated carbocycles. The SMILES string of the molecule is C=C(C)COc1ccc(Cl)cc1CN(CC)c1ccc(C#N)nn1. The van der Waals surface area contributed by atoms with Gasteiger partial charge in [-0.3, -0.25) is 0 Å². The fourth-order valence-electron chi connectivity index (χ4n) is 2.13. The maximum Gasteiger partial charge on any atom is 0.163 e. The van der Waals surface area contributed by atoms with E-state index in [-0.39, 0.29) is 0 Å². The Kier molecular flexibility index (Phi) is 6.16. The van der Waals surface area contributed by atoms with E-state index >= 15 is 0 Å². The van der Waals surface area contributed by atoms with Crippen LogP contribution in [0.2, 0.25) is 5.02 Å². The van der Waals surface area contributed by atoms with Gasteiger partial charge >= 0.3 is 0 Å². The summed E-state index contributed by atoms with van der Waals surface area (Å²) in [4.78, 5) is 2.04. The van der Waals surface area contributed by atoms with Crippen molar-refractivity contribution in [3.63, 3.8) is 0 Å². The van der Waals surface area contributed by atoms with E-state index < -0.39 is 0 Å². The number of nitriles is 1. The van der Waals surface area contributed by atoms with Gasteiger partial charge < -0.3 is 9.64 Å². The molecule has 0 aliphatic rings. The van der Waals surface area contributed by atoms with E-state index in [1.165, 1.54) is 0 Å². The van der Waals surface area contributed by atoms with Crippen LogP contribution in [0.3, 0.4) is 0 Å². The Hall–Kier alpha value is -2.58. The van der Waals surface area contributed by atoms with Crippen molar-refractivity contribution in [2.45, 2.75) is 20.4 Å². The van der Waals surface area contributed by atoms with Crippen LogP contribution in [0.1, 0.15) is 25.1 Å². The predicted octanol–water partition coefficient (Wildman–Crippen LogP) is 3.98. The summed E-state index contributed by atoms with van der Waals surface area (Å²) in [5.41, 5.74) is 2.20. The van der Waals surface area contributed by atoms with Crippen LogP contribution in [-0.4, -0.2) is 23.3 Å². The molecule has 2 aromatic rings. The van der Waals surface area contributed by atoms with E-state index in [1.54, 1.807) is 18.2 Å². The zero-order chi connectivity index (χ0) is 17.5. The lowest BCUT2D eigenvalue weighted by Gasteiger charge is -2.23. The van der Waals surface area contributed by atoms with Gasteiger partial charge in [0.1, 0.15) is 18.4 Å². The van der Waals surface area contributed by atoms with Crippen molar-refractivity contribution < 1.29 is 4.74 Å². The average molecular weight is 343 g/mol. The maximum absolute atomic E-state index is 8.83. The summed E-state index contributed by atoms with van der Waals surface area (Å²) >= 11 is 6.14. The quantitative estimate of drug-likeness (QED) is 0.712. The van der Waals surface area contributed by atoms with Crippen molar-refractivity contribution in [2.24, 2.45) is 0 Å². The van der Waals surface area contributed by atoms with Gasteiger partial charge in [-0.1, -0.05) is 18.2 Å². The highest BCUT2D eigenvalue weighted by Gasteiger charge is 2.12. The normalized spacial score (nSPS) is 10.1. The van der Waals surface area contributed by atoms with Crippen LogP contribution < -0.4 is 9.64 Å². The van der Waals surface area contributed by atoms with Crippen molar-refractivity contribution in [1.82, 2.24) is 10.2 Å². The van der Waals surface area contributed by atoms with Crippen molar-refractivity contribution in [1.29, 1.82) is 5.26 Å². The van der Waals surface area contributed by atoms with E-state index in [4.69, 9.17) is 21.6 Å². The summed E-state index contributed by atoms with van der Waals surface area (Å²) < 4.78 is 5.81. The molecule has 1 heterocycles. The van der Waals surface area contributed by atoms with E-state index in [9.17, 15) is 0 Å². The number of hydrogen-bond donors (Lipinski definition) is 0. The Morgan fingerprint density at radius 1 is 1.33 bits per heavy atom. The highest BCUT2D eigenvalue weighted by molar-refractivity contribution is 6.30. The van der Waals surface area contributed by atoms with Gasteiger partial charge in [0.05, 0.1) is 0 Å². The lowest BCUT2D eigenvalue weighted by atomic mass is 10.2. The molecule has 1 aromatic carbocycles. The molecule has 0 N–H and O–H groups in total. The summed E-state index contributed by atoms with van der Waals surface area (Å²) in [5, 5.41) is 17.5. The number of nitrogens with zero attached hydrogens (tertiary/aromatic N) is 4. The van der Waals surface area contributed by atoms with Crippen LogP contribution >= 0.6 is 11.6 Å². The number of ether oxygens (including phenoxy) is 1. The topological polar surface area (TPSA) is 62.0 Å². The Bertz CT molecular complexity index is 753. The molecule has 0 saturated heterocycles. The summed E-state index contributed by atoms with van der Waals surface area (Å²) in [5.74, 6) is 1.46. The van der Waals surface area contributed by atoms with E-state index in [0.29, 0.717) is 29.7 Å². The summed E-state index contributed by atoms with van der Waals surface area (Å²) in [6.45, 7) is 9.55. The van der Waals surface area contributed by atoms with Crippen LogP contribution in [0.5, 0.6) is 5.75 Å². The third-order valence-electron chi connectivity index (χ3n) is 3.33. The minimum atomic E-state index is 0.294. The maximum atomic E-state index is 8.83. The number of anilines is 1. The molecule has 0 fully saturated rings. The van der Waals surface area contributed by atoms with E-state index in [0.717, 1.165) is 23.4 Å². The number of hydrogen-bond acceptors (Lipinski definition) is 5. The summed E-state index contributed by atoms with van der Waals surface area (Å²) in [6.07, 6.45) is 0. The zero-order valence-corrected chi connectivity index (χ0v) is 14.5. The molecule has 1 aromatic heterocycles.